The van der Waals surface area contributed by atoms with Crippen molar-refractivity contribution in [2.24, 2.45) is 0 Å². The first-order chi connectivity index (χ1) is 10.9. The highest BCUT2D eigenvalue weighted by Gasteiger charge is 2.49. The summed E-state index contributed by atoms with van der Waals surface area (Å²) in [5.41, 5.74) is 1.78. The normalized spacial score (nSPS) is 21.4. The lowest BCUT2D eigenvalue weighted by Gasteiger charge is -2.24. The summed E-state index contributed by atoms with van der Waals surface area (Å²) in [6, 6.07) is 15.2. The SMILES string of the molecule is Cc1ccc(CN2C(=O)[C@@](O)(C[C@@H](C)O)c3ccccc32)cc1. The molecule has 2 atom stereocenters. The number of rotatable bonds is 4. The summed E-state index contributed by atoms with van der Waals surface area (Å²) in [5, 5.41) is 20.6. The number of carbonyl (C=O) groups excluding carboxylic acids is 1. The fraction of sp³-hybridized carbons (Fsp3) is 0.316. The van der Waals surface area contributed by atoms with Crippen molar-refractivity contribution in [2.45, 2.75) is 38.5 Å². The topological polar surface area (TPSA) is 60.8 Å². The molecular formula is C19H21NO3. The Labute approximate surface area is 136 Å². The van der Waals surface area contributed by atoms with Crippen LogP contribution in [0.5, 0.6) is 0 Å². The number of anilines is 1. The highest BCUT2D eigenvalue weighted by atomic mass is 16.3. The van der Waals surface area contributed by atoms with Gasteiger partial charge < -0.3 is 15.1 Å². The van der Waals surface area contributed by atoms with Crippen molar-refractivity contribution in [3.63, 3.8) is 0 Å². The molecule has 0 saturated carbocycles. The van der Waals surface area contributed by atoms with Crippen molar-refractivity contribution in [1.82, 2.24) is 0 Å². The summed E-state index contributed by atoms with van der Waals surface area (Å²) in [4.78, 5) is 14.5. The second-order valence-electron chi connectivity index (χ2n) is 6.31. The number of aryl methyl sites for hydroxylation is 1. The molecule has 0 radical (unpaired) electrons. The molecule has 4 heteroatoms. The average molecular weight is 311 g/mol. The van der Waals surface area contributed by atoms with Gasteiger partial charge in [0.1, 0.15) is 0 Å². The number of nitrogens with zero attached hydrogens (tertiary/aromatic N) is 1. The first-order valence-corrected chi connectivity index (χ1v) is 7.79. The highest BCUT2D eigenvalue weighted by Crippen LogP contribution is 2.43. The Morgan fingerprint density at radius 3 is 2.43 bits per heavy atom. The van der Waals surface area contributed by atoms with Crippen LogP contribution in [0.2, 0.25) is 0 Å². The van der Waals surface area contributed by atoms with Gasteiger partial charge in [-0.05, 0) is 25.5 Å². The van der Waals surface area contributed by atoms with Gasteiger partial charge in [0.15, 0.2) is 5.60 Å². The molecule has 0 fully saturated rings. The summed E-state index contributed by atoms with van der Waals surface area (Å²) >= 11 is 0. The predicted molar refractivity (Wildman–Crippen MR) is 89.0 cm³/mol. The number of aliphatic hydroxyl groups is 2. The molecule has 1 aliphatic heterocycles. The van der Waals surface area contributed by atoms with Gasteiger partial charge in [0.05, 0.1) is 18.3 Å². The third kappa shape index (κ3) is 2.76. The number of benzene rings is 2. The molecule has 120 valence electrons. The van der Waals surface area contributed by atoms with Crippen molar-refractivity contribution < 1.29 is 15.0 Å². The van der Waals surface area contributed by atoms with Gasteiger partial charge in [-0.1, -0.05) is 48.0 Å². The van der Waals surface area contributed by atoms with Gasteiger partial charge in [-0.3, -0.25) is 4.79 Å². The van der Waals surface area contributed by atoms with Gasteiger partial charge in [0.25, 0.3) is 5.91 Å². The molecule has 23 heavy (non-hydrogen) atoms. The molecule has 2 aromatic rings. The zero-order valence-electron chi connectivity index (χ0n) is 13.4. The second-order valence-corrected chi connectivity index (χ2v) is 6.31. The van der Waals surface area contributed by atoms with E-state index >= 15 is 0 Å². The Balaban J connectivity index is 1.98. The zero-order chi connectivity index (χ0) is 16.6. The molecule has 0 saturated heterocycles. The van der Waals surface area contributed by atoms with Gasteiger partial charge in [0.2, 0.25) is 0 Å². The Kier molecular flexibility index (Phi) is 3.96. The molecule has 1 heterocycles. The lowest BCUT2D eigenvalue weighted by molar-refractivity contribution is -0.139. The van der Waals surface area contributed by atoms with Crippen LogP contribution >= 0.6 is 0 Å². The van der Waals surface area contributed by atoms with Crippen LogP contribution in [0.1, 0.15) is 30.0 Å². The maximum Gasteiger partial charge on any atom is 0.264 e. The summed E-state index contributed by atoms with van der Waals surface area (Å²) < 4.78 is 0. The van der Waals surface area contributed by atoms with Crippen LogP contribution in [0.25, 0.3) is 0 Å². The van der Waals surface area contributed by atoms with Gasteiger partial charge in [-0.2, -0.15) is 0 Å². The van der Waals surface area contributed by atoms with Gasteiger partial charge in [-0.25, -0.2) is 0 Å². The first kappa shape index (κ1) is 15.7. The minimum absolute atomic E-state index is 0.00670. The monoisotopic (exact) mass is 311 g/mol. The van der Waals surface area contributed by atoms with Crippen LogP contribution in [0, 0.1) is 6.92 Å². The molecule has 2 aromatic carbocycles. The van der Waals surface area contributed by atoms with E-state index in [2.05, 4.69) is 0 Å². The minimum atomic E-state index is -1.66. The van der Waals surface area contributed by atoms with E-state index in [4.69, 9.17) is 0 Å². The van der Waals surface area contributed by atoms with E-state index in [1.165, 1.54) is 0 Å². The fourth-order valence-electron chi connectivity index (χ4n) is 3.16. The first-order valence-electron chi connectivity index (χ1n) is 7.79. The molecular weight excluding hydrogens is 290 g/mol. The maximum atomic E-state index is 12.9. The van der Waals surface area contributed by atoms with Crippen LogP contribution in [0.4, 0.5) is 5.69 Å². The van der Waals surface area contributed by atoms with Crippen LogP contribution in [-0.4, -0.2) is 22.2 Å². The Bertz CT molecular complexity index is 724. The van der Waals surface area contributed by atoms with Gasteiger partial charge in [-0.15, -0.1) is 0 Å². The summed E-state index contributed by atoms with van der Waals surface area (Å²) in [6.45, 7) is 4.00. The van der Waals surface area contributed by atoms with Crippen molar-refractivity contribution in [3.8, 4) is 0 Å². The molecule has 0 aromatic heterocycles. The summed E-state index contributed by atoms with van der Waals surface area (Å²) in [5.74, 6) is -0.375. The number of hydrogen-bond acceptors (Lipinski definition) is 3. The smallest absolute Gasteiger partial charge is 0.264 e. The van der Waals surface area contributed by atoms with Gasteiger partial charge >= 0.3 is 0 Å². The van der Waals surface area contributed by atoms with Gasteiger partial charge in [0, 0.05) is 12.0 Å². The number of hydrogen-bond donors (Lipinski definition) is 2. The lowest BCUT2D eigenvalue weighted by Crippen LogP contribution is -2.41. The van der Waals surface area contributed by atoms with Crippen LogP contribution in [0.3, 0.4) is 0 Å². The van der Waals surface area contributed by atoms with E-state index < -0.39 is 11.7 Å². The fourth-order valence-corrected chi connectivity index (χ4v) is 3.16. The van der Waals surface area contributed by atoms with Crippen LogP contribution in [-0.2, 0) is 16.9 Å². The van der Waals surface area contributed by atoms with Crippen molar-refractivity contribution in [1.29, 1.82) is 0 Å². The molecule has 0 unspecified atom stereocenters. The molecule has 2 N–H and O–H groups in total. The molecule has 3 rings (SSSR count). The molecule has 0 aliphatic carbocycles. The minimum Gasteiger partial charge on any atom is -0.393 e. The Hall–Kier alpha value is -2.17. The number of aliphatic hydroxyl groups excluding tert-OH is 1. The Morgan fingerprint density at radius 2 is 1.78 bits per heavy atom. The zero-order valence-corrected chi connectivity index (χ0v) is 13.4. The molecule has 0 spiro atoms. The van der Waals surface area contributed by atoms with Crippen molar-refractivity contribution in [2.75, 3.05) is 4.90 Å². The number of fused-ring (bicyclic) bond motifs is 1. The molecule has 0 bridgehead atoms. The molecule has 4 nitrogen and oxygen atoms in total. The third-order valence-corrected chi connectivity index (χ3v) is 4.29. The van der Waals surface area contributed by atoms with E-state index in [0.29, 0.717) is 17.8 Å². The second kappa shape index (κ2) is 5.80. The number of carbonyl (C=O) groups is 1. The van der Waals surface area contributed by atoms with E-state index in [9.17, 15) is 15.0 Å². The van der Waals surface area contributed by atoms with E-state index in [0.717, 1.165) is 11.1 Å². The number of amides is 1. The Morgan fingerprint density at radius 1 is 1.13 bits per heavy atom. The summed E-state index contributed by atoms with van der Waals surface area (Å²) in [6.07, 6.45) is -0.774. The third-order valence-electron chi connectivity index (χ3n) is 4.29. The highest BCUT2D eigenvalue weighted by molar-refractivity contribution is 6.06. The van der Waals surface area contributed by atoms with Crippen LogP contribution in [0.15, 0.2) is 48.5 Å². The maximum absolute atomic E-state index is 12.9. The van der Waals surface area contributed by atoms with Crippen molar-refractivity contribution in [3.05, 3.63) is 65.2 Å². The average Bonchev–Trinajstić information content (AvgIpc) is 2.71. The predicted octanol–water partition coefficient (Wildman–Crippen LogP) is 2.50. The quantitative estimate of drug-likeness (QED) is 0.912. The molecule has 1 amide bonds. The number of para-hydroxylation sites is 1. The molecule has 1 aliphatic rings. The van der Waals surface area contributed by atoms with Crippen molar-refractivity contribution >= 4 is 11.6 Å². The van der Waals surface area contributed by atoms with E-state index in [1.807, 2.05) is 43.3 Å². The summed E-state index contributed by atoms with van der Waals surface area (Å²) in [7, 11) is 0. The van der Waals surface area contributed by atoms with Crippen LogP contribution < -0.4 is 4.90 Å². The van der Waals surface area contributed by atoms with E-state index in [-0.39, 0.29) is 12.3 Å². The lowest BCUT2D eigenvalue weighted by atomic mass is 9.90. The largest absolute Gasteiger partial charge is 0.393 e. The van der Waals surface area contributed by atoms with E-state index in [1.54, 1.807) is 24.0 Å². The standard InChI is InChI=1S/C19H21NO3/c1-13-7-9-15(10-8-13)12-20-17-6-4-3-5-16(17)19(23,18(20)22)11-14(2)21/h3-10,14,21,23H,11-12H2,1-2H3/t14-,19-/m1/s1.